The number of thioether (sulfide) groups is 1. The van der Waals surface area contributed by atoms with Gasteiger partial charge in [-0.05, 0) is 18.8 Å². The zero-order chi connectivity index (χ0) is 17.4. The van der Waals surface area contributed by atoms with Gasteiger partial charge in [-0.25, -0.2) is 4.98 Å². The minimum atomic E-state index is -0.464. The molecule has 1 aromatic heterocycles. The maximum Gasteiger partial charge on any atom is 0.311 e. The third-order valence-corrected chi connectivity index (χ3v) is 4.85. The molecule has 0 radical (unpaired) electrons. The molecule has 24 heavy (non-hydrogen) atoms. The summed E-state index contributed by atoms with van der Waals surface area (Å²) in [7, 11) is 1.28. The number of hydrogen-bond acceptors (Lipinski definition) is 6. The van der Waals surface area contributed by atoms with Crippen molar-refractivity contribution in [2.45, 2.75) is 43.7 Å². The summed E-state index contributed by atoms with van der Waals surface area (Å²) in [4.78, 5) is 41.5. The zero-order valence-electron chi connectivity index (χ0n) is 13.8. The topological polar surface area (TPSA) is 101 Å². The fourth-order valence-corrected chi connectivity index (χ4v) is 3.42. The van der Waals surface area contributed by atoms with Gasteiger partial charge in [-0.2, -0.15) is 0 Å². The van der Waals surface area contributed by atoms with E-state index in [0.29, 0.717) is 23.3 Å². The number of hydrogen-bond donors (Lipinski definition) is 2. The molecule has 0 unspecified atom stereocenters. The molecule has 1 fully saturated rings. The highest BCUT2D eigenvalue weighted by Gasteiger charge is 2.15. The quantitative estimate of drug-likeness (QED) is 0.435. The summed E-state index contributed by atoms with van der Waals surface area (Å²) in [6.07, 6.45) is 6.07. The van der Waals surface area contributed by atoms with E-state index >= 15 is 0 Å². The molecule has 132 valence electrons. The Morgan fingerprint density at radius 2 is 2.12 bits per heavy atom. The molecule has 0 aromatic carbocycles. The third kappa shape index (κ3) is 6.35. The molecule has 2 N–H and O–H groups in total. The lowest BCUT2D eigenvalue weighted by Gasteiger charge is -2.21. The SMILES string of the molecule is COC(=O)Cc1cc(=O)[nH]c(SCC(=O)NCC2CCCCC2)n1. The summed E-state index contributed by atoms with van der Waals surface area (Å²) >= 11 is 1.15. The van der Waals surface area contributed by atoms with E-state index in [2.05, 4.69) is 20.0 Å². The van der Waals surface area contributed by atoms with E-state index in [9.17, 15) is 14.4 Å². The van der Waals surface area contributed by atoms with Crippen molar-refractivity contribution in [1.82, 2.24) is 15.3 Å². The summed E-state index contributed by atoms with van der Waals surface area (Å²) in [6.45, 7) is 0.714. The maximum atomic E-state index is 11.9. The molecule has 0 atom stereocenters. The normalized spacial score (nSPS) is 15.0. The molecular weight excluding hydrogens is 330 g/mol. The molecule has 0 aliphatic heterocycles. The van der Waals surface area contributed by atoms with Gasteiger partial charge in [0.25, 0.3) is 5.56 Å². The highest BCUT2D eigenvalue weighted by Crippen LogP contribution is 2.22. The zero-order valence-corrected chi connectivity index (χ0v) is 14.6. The number of rotatable bonds is 7. The van der Waals surface area contributed by atoms with E-state index in [1.54, 1.807) is 0 Å². The van der Waals surface area contributed by atoms with Crippen LogP contribution >= 0.6 is 11.8 Å². The molecule has 1 aliphatic carbocycles. The van der Waals surface area contributed by atoms with Crippen LogP contribution in [0.5, 0.6) is 0 Å². The van der Waals surface area contributed by atoms with Crippen molar-refractivity contribution in [3.63, 3.8) is 0 Å². The van der Waals surface area contributed by atoms with Crippen LogP contribution in [0.1, 0.15) is 37.8 Å². The summed E-state index contributed by atoms with van der Waals surface area (Å²) in [5, 5.41) is 3.27. The first-order valence-corrected chi connectivity index (χ1v) is 9.12. The van der Waals surface area contributed by atoms with Gasteiger partial charge in [0.2, 0.25) is 5.91 Å². The van der Waals surface area contributed by atoms with E-state index < -0.39 is 5.97 Å². The van der Waals surface area contributed by atoms with Gasteiger partial charge in [-0.15, -0.1) is 0 Å². The van der Waals surface area contributed by atoms with Gasteiger partial charge >= 0.3 is 5.97 Å². The van der Waals surface area contributed by atoms with Crippen LogP contribution in [0.15, 0.2) is 16.0 Å². The number of nitrogens with one attached hydrogen (secondary N) is 2. The minimum Gasteiger partial charge on any atom is -0.469 e. The standard InChI is InChI=1S/C16H23N3O4S/c1-23-15(22)8-12-7-13(20)19-16(18-12)24-10-14(21)17-9-11-5-3-2-4-6-11/h7,11H,2-6,8-10H2,1H3,(H,17,21)(H,18,19,20). The van der Waals surface area contributed by atoms with Gasteiger partial charge in [0.05, 0.1) is 25.0 Å². The molecule has 8 heteroatoms. The molecule has 1 aliphatic rings. The monoisotopic (exact) mass is 353 g/mol. The lowest BCUT2D eigenvalue weighted by molar-refractivity contribution is -0.139. The molecule has 1 aromatic rings. The predicted molar refractivity (Wildman–Crippen MR) is 90.9 cm³/mol. The Labute approximate surface area is 145 Å². The minimum absolute atomic E-state index is 0.0676. The Balaban J connectivity index is 1.81. The Morgan fingerprint density at radius 1 is 1.38 bits per heavy atom. The average Bonchev–Trinajstić information content (AvgIpc) is 2.58. The number of methoxy groups -OCH3 is 1. The first-order valence-electron chi connectivity index (χ1n) is 8.13. The Morgan fingerprint density at radius 3 is 2.83 bits per heavy atom. The van der Waals surface area contributed by atoms with Crippen molar-refractivity contribution in [3.05, 3.63) is 22.1 Å². The molecule has 1 amide bonds. The second kappa shape index (κ2) is 9.46. The molecule has 7 nitrogen and oxygen atoms in total. The first kappa shape index (κ1) is 18.5. The lowest BCUT2D eigenvalue weighted by atomic mass is 9.89. The van der Waals surface area contributed by atoms with Crippen LogP contribution < -0.4 is 10.9 Å². The van der Waals surface area contributed by atoms with Gasteiger partial charge < -0.3 is 15.0 Å². The van der Waals surface area contributed by atoms with Gasteiger partial charge in [0.1, 0.15) is 0 Å². The molecule has 1 heterocycles. The van der Waals surface area contributed by atoms with Gasteiger partial charge in [0, 0.05) is 12.6 Å². The number of carbonyl (C=O) groups is 2. The predicted octanol–water partition coefficient (Wildman–Crippen LogP) is 1.27. The molecule has 0 bridgehead atoms. The van der Waals surface area contributed by atoms with Crippen molar-refractivity contribution in [2.75, 3.05) is 19.4 Å². The Bertz CT molecular complexity index is 626. The van der Waals surface area contributed by atoms with Crippen molar-refractivity contribution >= 4 is 23.6 Å². The van der Waals surface area contributed by atoms with Crippen LogP contribution in [0.25, 0.3) is 0 Å². The van der Waals surface area contributed by atoms with Gasteiger partial charge in [0.15, 0.2) is 5.16 Å². The lowest BCUT2D eigenvalue weighted by Crippen LogP contribution is -2.31. The number of amides is 1. The Kier molecular flexibility index (Phi) is 7.30. The van der Waals surface area contributed by atoms with Crippen molar-refractivity contribution in [3.8, 4) is 0 Å². The maximum absolute atomic E-state index is 11.9. The summed E-state index contributed by atoms with van der Waals surface area (Å²) in [6, 6.07) is 1.25. The van der Waals surface area contributed by atoms with E-state index in [1.807, 2.05) is 0 Å². The number of ether oxygens (including phenoxy) is 1. The van der Waals surface area contributed by atoms with Crippen LogP contribution in [0.4, 0.5) is 0 Å². The fraction of sp³-hybridized carbons (Fsp3) is 0.625. The second-order valence-electron chi connectivity index (χ2n) is 5.89. The van der Waals surface area contributed by atoms with E-state index in [4.69, 9.17) is 0 Å². The van der Waals surface area contributed by atoms with Crippen molar-refractivity contribution in [1.29, 1.82) is 0 Å². The fourth-order valence-electron chi connectivity index (χ4n) is 2.70. The summed E-state index contributed by atoms with van der Waals surface area (Å²) in [5.74, 6) is 0.215. The first-order chi connectivity index (χ1) is 11.6. The van der Waals surface area contributed by atoms with Gasteiger partial charge in [-0.1, -0.05) is 31.0 Å². The van der Waals surface area contributed by atoms with Crippen molar-refractivity contribution in [2.24, 2.45) is 5.92 Å². The number of aromatic amines is 1. The smallest absolute Gasteiger partial charge is 0.311 e. The molecule has 2 rings (SSSR count). The summed E-state index contributed by atoms with van der Waals surface area (Å²) in [5.41, 5.74) is -0.0234. The third-order valence-electron chi connectivity index (χ3n) is 3.98. The molecular formula is C16H23N3O4S. The number of H-pyrrole nitrogens is 1. The molecule has 0 spiro atoms. The summed E-state index contributed by atoms with van der Waals surface area (Å²) < 4.78 is 4.56. The average molecular weight is 353 g/mol. The van der Waals surface area contributed by atoms with Gasteiger partial charge in [-0.3, -0.25) is 14.4 Å². The van der Waals surface area contributed by atoms with Crippen LogP contribution in [0.3, 0.4) is 0 Å². The number of nitrogens with zero attached hydrogens (tertiary/aromatic N) is 1. The number of aromatic nitrogens is 2. The van der Waals surface area contributed by atoms with E-state index in [1.165, 1.54) is 45.3 Å². The second-order valence-corrected chi connectivity index (χ2v) is 6.86. The van der Waals surface area contributed by atoms with E-state index in [0.717, 1.165) is 11.8 Å². The van der Waals surface area contributed by atoms with Crippen molar-refractivity contribution < 1.29 is 14.3 Å². The van der Waals surface area contributed by atoms with Crippen LogP contribution in [-0.4, -0.2) is 41.3 Å². The highest BCUT2D eigenvalue weighted by atomic mass is 32.2. The molecule has 0 saturated heterocycles. The largest absolute Gasteiger partial charge is 0.469 e. The Hall–Kier alpha value is -1.83. The number of esters is 1. The van der Waals surface area contributed by atoms with Crippen LogP contribution in [0, 0.1) is 5.92 Å². The van der Waals surface area contributed by atoms with E-state index in [-0.39, 0.29) is 23.6 Å². The number of carbonyl (C=O) groups excluding carboxylic acids is 2. The highest BCUT2D eigenvalue weighted by molar-refractivity contribution is 7.99. The van der Waals surface area contributed by atoms with Crippen LogP contribution in [0.2, 0.25) is 0 Å². The molecule has 1 saturated carbocycles. The van der Waals surface area contributed by atoms with Crippen LogP contribution in [-0.2, 0) is 20.7 Å².